The van der Waals surface area contributed by atoms with E-state index in [1.165, 1.54) is 0 Å². The predicted molar refractivity (Wildman–Crippen MR) is 96.2 cm³/mol. The average molecular weight is 344 g/mol. The van der Waals surface area contributed by atoms with Crippen LogP contribution in [0, 0.1) is 20.8 Å². The van der Waals surface area contributed by atoms with Crippen LogP contribution in [0.2, 0.25) is 0 Å². The lowest BCUT2D eigenvalue weighted by Gasteiger charge is -2.33. The van der Waals surface area contributed by atoms with Crippen LogP contribution in [0.3, 0.4) is 0 Å². The van der Waals surface area contributed by atoms with Crippen molar-refractivity contribution in [2.24, 2.45) is 0 Å². The highest BCUT2D eigenvalue weighted by molar-refractivity contribution is 5.88. The molecule has 0 spiro atoms. The molecule has 1 aromatic carbocycles. The highest BCUT2D eigenvalue weighted by Gasteiger charge is 2.23. The Morgan fingerprint density at radius 3 is 2.80 bits per heavy atom. The van der Waals surface area contributed by atoms with Gasteiger partial charge in [-0.25, -0.2) is 4.79 Å². The number of carbonyl (C=O) groups excluding carboxylic acids is 1. The molecular weight excluding hydrogens is 320 g/mol. The number of rotatable bonds is 3. The van der Waals surface area contributed by atoms with E-state index < -0.39 is 0 Å². The molecule has 1 amide bonds. The smallest absolute Gasteiger partial charge is 0.339 e. The minimum Gasteiger partial charge on any atom is -0.483 e. The molecule has 134 valence electrons. The van der Waals surface area contributed by atoms with E-state index in [9.17, 15) is 9.59 Å². The Hall–Kier alpha value is -2.34. The molecule has 6 nitrogen and oxygen atoms in total. The van der Waals surface area contributed by atoms with E-state index in [-0.39, 0.29) is 24.2 Å². The van der Waals surface area contributed by atoms with Gasteiger partial charge in [-0.2, -0.15) is 0 Å². The van der Waals surface area contributed by atoms with Gasteiger partial charge in [0, 0.05) is 31.2 Å². The molecule has 1 fully saturated rings. The number of amides is 1. The van der Waals surface area contributed by atoms with Gasteiger partial charge in [0.1, 0.15) is 11.3 Å². The Balaban J connectivity index is 1.89. The van der Waals surface area contributed by atoms with Crippen molar-refractivity contribution in [1.82, 2.24) is 10.2 Å². The summed E-state index contributed by atoms with van der Waals surface area (Å²) in [6, 6.07) is 3.85. The first-order chi connectivity index (χ1) is 11.9. The predicted octanol–water partition coefficient (Wildman–Crippen LogP) is 1.92. The Morgan fingerprint density at radius 1 is 1.32 bits per heavy atom. The molecule has 1 aromatic heterocycles. The van der Waals surface area contributed by atoms with Crippen LogP contribution in [-0.4, -0.2) is 43.1 Å². The number of fused-ring (bicyclic) bond motifs is 1. The molecule has 3 rings (SSSR count). The topological polar surface area (TPSA) is 71.8 Å². The highest BCUT2D eigenvalue weighted by Crippen LogP contribution is 2.30. The first-order valence-electron chi connectivity index (χ1n) is 8.56. The molecule has 1 saturated heterocycles. The number of ether oxygens (including phenoxy) is 1. The number of hydrogen-bond acceptors (Lipinski definition) is 5. The van der Waals surface area contributed by atoms with E-state index in [0.29, 0.717) is 23.4 Å². The third-order valence-corrected chi connectivity index (χ3v) is 4.83. The van der Waals surface area contributed by atoms with Crippen LogP contribution in [0.4, 0.5) is 0 Å². The summed E-state index contributed by atoms with van der Waals surface area (Å²) in [5, 5.41) is 4.02. The van der Waals surface area contributed by atoms with Crippen LogP contribution < -0.4 is 15.7 Å². The monoisotopic (exact) mass is 344 g/mol. The largest absolute Gasteiger partial charge is 0.483 e. The minimum absolute atomic E-state index is 0.0273. The van der Waals surface area contributed by atoms with Gasteiger partial charge in [-0.05, 0) is 51.0 Å². The fourth-order valence-corrected chi connectivity index (χ4v) is 3.24. The Bertz CT molecular complexity index is 872. The second-order valence-corrected chi connectivity index (χ2v) is 6.70. The first-order valence-corrected chi connectivity index (χ1v) is 8.56. The summed E-state index contributed by atoms with van der Waals surface area (Å²) in [6.07, 6.45) is 0. The van der Waals surface area contributed by atoms with Crippen molar-refractivity contribution in [2.75, 3.05) is 26.2 Å². The SMILES string of the molecule is Cc1cc(OCC(=O)N2CCNC[C@H]2C)c2c(C)c(C)c(=O)oc2c1. The summed E-state index contributed by atoms with van der Waals surface area (Å²) in [7, 11) is 0. The summed E-state index contributed by atoms with van der Waals surface area (Å²) in [5.74, 6) is 0.547. The lowest BCUT2D eigenvalue weighted by molar-refractivity contribution is -0.136. The van der Waals surface area contributed by atoms with Crippen molar-refractivity contribution in [3.8, 4) is 5.75 Å². The van der Waals surface area contributed by atoms with E-state index in [1.807, 2.05) is 37.8 Å². The van der Waals surface area contributed by atoms with Crippen LogP contribution >= 0.6 is 0 Å². The van der Waals surface area contributed by atoms with Gasteiger partial charge >= 0.3 is 5.63 Å². The average Bonchev–Trinajstić information content (AvgIpc) is 2.57. The Morgan fingerprint density at radius 2 is 2.08 bits per heavy atom. The molecule has 2 heterocycles. The normalized spacial score (nSPS) is 17.8. The maximum atomic E-state index is 12.5. The fourth-order valence-electron chi connectivity index (χ4n) is 3.24. The number of piperazine rings is 1. The van der Waals surface area contributed by atoms with Gasteiger partial charge in [-0.1, -0.05) is 0 Å². The third-order valence-electron chi connectivity index (χ3n) is 4.83. The quantitative estimate of drug-likeness (QED) is 0.862. The molecule has 0 bridgehead atoms. The molecular formula is C19H24N2O4. The zero-order chi connectivity index (χ0) is 18.1. The molecule has 1 N–H and O–H groups in total. The number of nitrogens with one attached hydrogen (secondary N) is 1. The van der Waals surface area contributed by atoms with Crippen LogP contribution in [0.5, 0.6) is 5.75 Å². The molecule has 0 unspecified atom stereocenters. The van der Waals surface area contributed by atoms with E-state index in [0.717, 1.165) is 29.6 Å². The number of carbonyl (C=O) groups is 1. The van der Waals surface area contributed by atoms with Crippen molar-refractivity contribution in [2.45, 2.75) is 33.7 Å². The molecule has 6 heteroatoms. The number of benzene rings is 1. The van der Waals surface area contributed by atoms with Crippen molar-refractivity contribution in [3.63, 3.8) is 0 Å². The maximum Gasteiger partial charge on any atom is 0.339 e. The highest BCUT2D eigenvalue weighted by atomic mass is 16.5. The number of nitrogens with zero attached hydrogens (tertiary/aromatic N) is 1. The van der Waals surface area contributed by atoms with E-state index in [2.05, 4.69) is 5.32 Å². The van der Waals surface area contributed by atoms with Gasteiger partial charge in [-0.15, -0.1) is 0 Å². The van der Waals surface area contributed by atoms with E-state index >= 15 is 0 Å². The van der Waals surface area contributed by atoms with Gasteiger partial charge in [0.15, 0.2) is 6.61 Å². The summed E-state index contributed by atoms with van der Waals surface area (Å²) in [6.45, 7) is 9.78. The zero-order valence-corrected chi connectivity index (χ0v) is 15.1. The number of aryl methyl sites for hydroxylation is 2. The van der Waals surface area contributed by atoms with Gasteiger partial charge in [0.2, 0.25) is 0 Å². The summed E-state index contributed by atoms with van der Waals surface area (Å²) < 4.78 is 11.3. The van der Waals surface area contributed by atoms with Gasteiger partial charge in [0.05, 0.1) is 5.39 Å². The van der Waals surface area contributed by atoms with Gasteiger partial charge < -0.3 is 19.4 Å². The van der Waals surface area contributed by atoms with Crippen molar-refractivity contribution in [3.05, 3.63) is 39.2 Å². The van der Waals surface area contributed by atoms with Crippen LogP contribution in [-0.2, 0) is 4.79 Å². The zero-order valence-electron chi connectivity index (χ0n) is 15.1. The summed E-state index contributed by atoms with van der Waals surface area (Å²) in [4.78, 5) is 26.3. The molecule has 0 saturated carbocycles. The fraction of sp³-hybridized carbons (Fsp3) is 0.474. The van der Waals surface area contributed by atoms with E-state index in [1.54, 1.807) is 6.92 Å². The second-order valence-electron chi connectivity index (χ2n) is 6.70. The van der Waals surface area contributed by atoms with Crippen LogP contribution in [0.1, 0.15) is 23.6 Å². The molecule has 0 aliphatic carbocycles. The molecule has 2 aromatic rings. The Labute approximate surface area is 146 Å². The Kier molecular flexibility index (Phi) is 4.81. The lowest BCUT2D eigenvalue weighted by atomic mass is 10.0. The third kappa shape index (κ3) is 3.39. The minimum atomic E-state index is -0.340. The first kappa shape index (κ1) is 17.5. The van der Waals surface area contributed by atoms with Crippen LogP contribution in [0.25, 0.3) is 11.0 Å². The van der Waals surface area contributed by atoms with Gasteiger partial charge in [0.25, 0.3) is 5.91 Å². The van der Waals surface area contributed by atoms with Crippen molar-refractivity contribution in [1.29, 1.82) is 0 Å². The molecule has 25 heavy (non-hydrogen) atoms. The molecule has 1 aliphatic heterocycles. The number of hydrogen-bond donors (Lipinski definition) is 1. The molecule has 1 aliphatic rings. The standard InChI is InChI=1S/C19H24N2O4/c1-11-7-15(18-13(3)14(4)19(23)25-16(18)8-11)24-10-17(22)21-6-5-20-9-12(21)2/h7-8,12,20H,5-6,9-10H2,1-4H3/t12-/m1/s1. The van der Waals surface area contributed by atoms with Crippen molar-refractivity contribution >= 4 is 16.9 Å². The molecule has 0 radical (unpaired) electrons. The van der Waals surface area contributed by atoms with Crippen LogP contribution in [0.15, 0.2) is 21.3 Å². The molecule has 1 atom stereocenters. The van der Waals surface area contributed by atoms with Crippen molar-refractivity contribution < 1.29 is 13.9 Å². The maximum absolute atomic E-state index is 12.5. The second kappa shape index (κ2) is 6.88. The van der Waals surface area contributed by atoms with E-state index in [4.69, 9.17) is 9.15 Å². The summed E-state index contributed by atoms with van der Waals surface area (Å²) >= 11 is 0. The summed E-state index contributed by atoms with van der Waals surface area (Å²) in [5.41, 5.74) is 2.45. The lowest BCUT2D eigenvalue weighted by Crippen LogP contribution is -2.53. The van der Waals surface area contributed by atoms with Gasteiger partial charge in [-0.3, -0.25) is 4.79 Å².